The van der Waals surface area contributed by atoms with Crippen LogP contribution in [0.15, 0.2) is 24.4 Å². The molecule has 0 spiro atoms. The summed E-state index contributed by atoms with van der Waals surface area (Å²) in [6.45, 7) is 8.26. The van der Waals surface area contributed by atoms with Crippen LogP contribution in [0.1, 0.15) is 27.7 Å². The fourth-order valence-electron chi connectivity index (χ4n) is 2.29. The second-order valence-electron chi connectivity index (χ2n) is 6.21. The number of hydrogen-bond acceptors (Lipinski definition) is 3. The Balaban J connectivity index is 1.97. The van der Waals surface area contributed by atoms with E-state index in [0.717, 1.165) is 16.4 Å². The van der Waals surface area contributed by atoms with Gasteiger partial charge in [0.1, 0.15) is 0 Å². The van der Waals surface area contributed by atoms with Gasteiger partial charge in [0.25, 0.3) is 0 Å². The lowest BCUT2D eigenvalue weighted by Crippen LogP contribution is -2.41. The summed E-state index contributed by atoms with van der Waals surface area (Å²) in [6.07, 6.45) is 2.00. The van der Waals surface area contributed by atoms with Crippen LogP contribution in [0.25, 0.3) is 10.9 Å². The van der Waals surface area contributed by atoms with Gasteiger partial charge in [0.15, 0.2) is 0 Å². The van der Waals surface area contributed by atoms with Gasteiger partial charge in [-0.15, -0.1) is 0 Å². The average Bonchev–Trinajstić information content (AvgIpc) is 2.74. The van der Waals surface area contributed by atoms with Crippen molar-refractivity contribution in [3.8, 4) is 0 Å². The quantitative estimate of drug-likeness (QED) is 0.733. The lowest BCUT2D eigenvalue weighted by Gasteiger charge is -2.32. The molecule has 0 bridgehead atoms. The van der Waals surface area contributed by atoms with E-state index < -0.39 is 0 Å². The fraction of sp³-hybridized carbons (Fsp3) is 0.500. The Labute approximate surface area is 113 Å². The SMILES string of the molecule is Cn1cc2cc(B3OC(C)(C)C(C)(C)O3)ccc2n1. The molecular formula is C14H19BN2O2. The highest BCUT2D eigenvalue weighted by atomic mass is 16.7. The molecule has 0 radical (unpaired) electrons. The second kappa shape index (κ2) is 3.84. The predicted octanol–water partition coefficient (Wildman–Crippen LogP) is 1.87. The van der Waals surface area contributed by atoms with E-state index in [1.54, 1.807) is 0 Å². The molecule has 100 valence electrons. The number of aromatic nitrogens is 2. The van der Waals surface area contributed by atoms with Crippen LogP contribution in [0, 0.1) is 0 Å². The summed E-state index contributed by atoms with van der Waals surface area (Å²) in [7, 11) is 1.61. The van der Waals surface area contributed by atoms with E-state index in [0.29, 0.717) is 0 Å². The van der Waals surface area contributed by atoms with Gasteiger partial charge in [-0.25, -0.2) is 0 Å². The van der Waals surface area contributed by atoms with Crippen LogP contribution in [0.5, 0.6) is 0 Å². The molecule has 0 N–H and O–H groups in total. The van der Waals surface area contributed by atoms with Crippen LogP contribution in [-0.2, 0) is 16.4 Å². The first kappa shape index (κ1) is 12.7. The third-order valence-electron chi connectivity index (χ3n) is 4.17. The molecule has 0 unspecified atom stereocenters. The zero-order chi connectivity index (χ0) is 13.8. The van der Waals surface area contributed by atoms with Crippen LogP contribution in [0.2, 0.25) is 0 Å². The van der Waals surface area contributed by atoms with E-state index in [1.165, 1.54) is 0 Å². The molecule has 0 amide bonds. The molecule has 1 aliphatic rings. The van der Waals surface area contributed by atoms with Gasteiger partial charge >= 0.3 is 7.12 Å². The molecular weight excluding hydrogens is 239 g/mol. The Morgan fingerprint density at radius 2 is 1.74 bits per heavy atom. The minimum atomic E-state index is -0.311. The summed E-state index contributed by atoms with van der Waals surface area (Å²) >= 11 is 0. The minimum absolute atomic E-state index is 0.304. The highest BCUT2D eigenvalue weighted by molar-refractivity contribution is 6.62. The number of hydrogen-bond donors (Lipinski definition) is 0. The average molecular weight is 258 g/mol. The van der Waals surface area contributed by atoms with Crippen molar-refractivity contribution in [3.63, 3.8) is 0 Å². The van der Waals surface area contributed by atoms with E-state index in [-0.39, 0.29) is 18.3 Å². The maximum Gasteiger partial charge on any atom is 0.494 e. The first-order valence-electron chi connectivity index (χ1n) is 6.57. The van der Waals surface area contributed by atoms with Gasteiger partial charge in [0.05, 0.1) is 16.7 Å². The summed E-state index contributed by atoms with van der Waals surface area (Å²) in [5, 5.41) is 5.48. The standard InChI is InChI=1S/C14H19BN2O2/c1-13(2)14(3,4)19-15(18-13)11-6-7-12-10(8-11)9-17(5)16-12/h6-9H,1-5H3. The highest BCUT2D eigenvalue weighted by Gasteiger charge is 2.51. The minimum Gasteiger partial charge on any atom is -0.399 e. The molecule has 1 fully saturated rings. The predicted molar refractivity (Wildman–Crippen MR) is 76.4 cm³/mol. The Morgan fingerprint density at radius 1 is 1.11 bits per heavy atom. The molecule has 4 nitrogen and oxygen atoms in total. The molecule has 5 heteroatoms. The van der Waals surface area contributed by atoms with E-state index in [1.807, 2.05) is 30.1 Å². The molecule has 1 aromatic carbocycles. The van der Waals surface area contributed by atoms with Crippen molar-refractivity contribution in [3.05, 3.63) is 24.4 Å². The smallest absolute Gasteiger partial charge is 0.399 e. The number of rotatable bonds is 1. The van der Waals surface area contributed by atoms with Gasteiger partial charge in [-0.1, -0.05) is 12.1 Å². The highest BCUT2D eigenvalue weighted by Crippen LogP contribution is 2.36. The third kappa shape index (κ3) is 1.97. The van der Waals surface area contributed by atoms with Crippen molar-refractivity contribution in [2.24, 2.45) is 7.05 Å². The van der Waals surface area contributed by atoms with Crippen LogP contribution in [-0.4, -0.2) is 28.1 Å². The van der Waals surface area contributed by atoms with Crippen molar-refractivity contribution in [2.45, 2.75) is 38.9 Å². The summed E-state index contributed by atoms with van der Waals surface area (Å²) in [5.41, 5.74) is 1.42. The second-order valence-corrected chi connectivity index (χ2v) is 6.21. The van der Waals surface area contributed by atoms with Gasteiger partial charge < -0.3 is 9.31 Å². The Bertz CT molecular complexity index is 617. The zero-order valence-electron chi connectivity index (χ0n) is 12.1. The molecule has 0 aliphatic carbocycles. The van der Waals surface area contributed by atoms with Crippen LogP contribution >= 0.6 is 0 Å². The van der Waals surface area contributed by atoms with Gasteiger partial charge in [-0.05, 0) is 39.2 Å². The number of nitrogens with zero attached hydrogens (tertiary/aromatic N) is 2. The Kier molecular flexibility index (Phi) is 2.56. The summed E-state index contributed by atoms with van der Waals surface area (Å²) in [4.78, 5) is 0. The monoisotopic (exact) mass is 258 g/mol. The third-order valence-corrected chi connectivity index (χ3v) is 4.17. The molecule has 1 saturated heterocycles. The number of benzene rings is 1. The normalized spacial score (nSPS) is 21.2. The molecule has 1 aromatic heterocycles. The van der Waals surface area contributed by atoms with Crippen LogP contribution in [0.3, 0.4) is 0 Å². The topological polar surface area (TPSA) is 36.3 Å². The van der Waals surface area contributed by atoms with Crippen molar-refractivity contribution >= 4 is 23.5 Å². The Hall–Kier alpha value is -1.33. The Morgan fingerprint density at radius 3 is 2.37 bits per heavy atom. The fourth-order valence-corrected chi connectivity index (χ4v) is 2.29. The van der Waals surface area contributed by atoms with E-state index in [2.05, 4.69) is 38.9 Å². The number of aryl methyl sites for hydroxylation is 1. The largest absolute Gasteiger partial charge is 0.494 e. The van der Waals surface area contributed by atoms with Crippen molar-refractivity contribution < 1.29 is 9.31 Å². The lowest BCUT2D eigenvalue weighted by atomic mass is 9.79. The van der Waals surface area contributed by atoms with E-state index in [4.69, 9.17) is 9.31 Å². The van der Waals surface area contributed by atoms with Gasteiger partial charge in [0, 0.05) is 18.6 Å². The molecule has 1 aliphatic heterocycles. The molecule has 2 aromatic rings. The molecule has 0 saturated carbocycles. The first-order chi connectivity index (χ1) is 8.78. The lowest BCUT2D eigenvalue weighted by molar-refractivity contribution is 0.00578. The molecule has 2 heterocycles. The van der Waals surface area contributed by atoms with Crippen molar-refractivity contribution in [1.82, 2.24) is 9.78 Å². The first-order valence-corrected chi connectivity index (χ1v) is 6.57. The van der Waals surface area contributed by atoms with Crippen molar-refractivity contribution in [2.75, 3.05) is 0 Å². The van der Waals surface area contributed by atoms with E-state index >= 15 is 0 Å². The maximum absolute atomic E-state index is 6.06. The van der Waals surface area contributed by atoms with Gasteiger partial charge in [-0.2, -0.15) is 5.10 Å². The summed E-state index contributed by atoms with van der Waals surface area (Å²) in [5.74, 6) is 0. The maximum atomic E-state index is 6.06. The van der Waals surface area contributed by atoms with Gasteiger partial charge in [-0.3, -0.25) is 4.68 Å². The summed E-state index contributed by atoms with van der Waals surface area (Å²) < 4.78 is 13.9. The van der Waals surface area contributed by atoms with Crippen molar-refractivity contribution in [1.29, 1.82) is 0 Å². The summed E-state index contributed by atoms with van der Waals surface area (Å²) in [6, 6.07) is 6.12. The zero-order valence-corrected chi connectivity index (χ0v) is 12.1. The molecule has 19 heavy (non-hydrogen) atoms. The molecule has 3 rings (SSSR count). The van der Waals surface area contributed by atoms with Crippen LogP contribution < -0.4 is 5.46 Å². The van der Waals surface area contributed by atoms with Gasteiger partial charge in [0.2, 0.25) is 0 Å². The molecule has 0 atom stereocenters. The number of fused-ring (bicyclic) bond motifs is 1. The van der Waals surface area contributed by atoms with Crippen LogP contribution in [0.4, 0.5) is 0 Å². The van der Waals surface area contributed by atoms with E-state index in [9.17, 15) is 0 Å².